The third-order valence-electron chi connectivity index (χ3n) is 2.00. The van der Waals surface area contributed by atoms with Crippen LogP contribution in [0.3, 0.4) is 0 Å². The molecular formula is C8H18NOP. The maximum Gasteiger partial charge on any atom is 0.0594 e. The molecule has 1 fully saturated rings. The van der Waals surface area contributed by atoms with Gasteiger partial charge in [-0.05, 0) is 25.8 Å². The zero-order valence-electron chi connectivity index (χ0n) is 7.31. The fourth-order valence-electron chi connectivity index (χ4n) is 1.30. The van der Waals surface area contributed by atoms with Crippen molar-refractivity contribution < 1.29 is 4.74 Å². The van der Waals surface area contributed by atoms with E-state index < -0.39 is 0 Å². The normalized spacial score (nSPS) is 21.5. The lowest BCUT2D eigenvalue weighted by Gasteiger charge is -2.26. The molecule has 0 N–H and O–H groups in total. The van der Waals surface area contributed by atoms with Crippen LogP contribution in [0.2, 0.25) is 0 Å². The fourth-order valence-corrected chi connectivity index (χ4v) is 1.82. The molecule has 0 aromatic heterocycles. The van der Waals surface area contributed by atoms with Crippen LogP contribution in [-0.4, -0.2) is 50.6 Å². The fraction of sp³-hybridized carbons (Fsp3) is 1.00. The minimum Gasteiger partial charge on any atom is -0.379 e. The lowest BCUT2D eigenvalue weighted by atomic mass is 10.4. The second-order valence-corrected chi connectivity index (χ2v) is 4.12. The van der Waals surface area contributed by atoms with Gasteiger partial charge in [0, 0.05) is 13.1 Å². The summed E-state index contributed by atoms with van der Waals surface area (Å²) in [7, 11) is 1.12. The quantitative estimate of drug-likeness (QED) is 0.467. The van der Waals surface area contributed by atoms with E-state index in [1.807, 2.05) is 0 Å². The second kappa shape index (κ2) is 5.93. The average Bonchev–Trinajstić information content (AvgIpc) is 2.07. The summed E-state index contributed by atoms with van der Waals surface area (Å²) in [5.74, 6) is 0. The molecule has 0 saturated carbocycles. The first kappa shape index (κ1) is 9.44. The van der Waals surface area contributed by atoms with Crippen LogP contribution >= 0.6 is 8.58 Å². The Morgan fingerprint density at radius 3 is 2.73 bits per heavy atom. The molecule has 1 aliphatic rings. The van der Waals surface area contributed by atoms with Crippen molar-refractivity contribution >= 4 is 8.58 Å². The van der Waals surface area contributed by atoms with E-state index in [1.165, 1.54) is 19.1 Å². The Labute approximate surface area is 71.1 Å². The SMILES string of the molecule is CPCCCN1CCOCC1. The van der Waals surface area contributed by atoms with Crippen molar-refractivity contribution in [3.05, 3.63) is 0 Å². The molecule has 0 radical (unpaired) electrons. The van der Waals surface area contributed by atoms with Crippen molar-refractivity contribution in [2.24, 2.45) is 0 Å². The van der Waals surface area contributed by atoms with Crippen LogP contribution in [0.4, 0.5) is 0 Å². The van der Waals surface area contributed by atoms with Crippen LogP contribution in [-0.2, 0) is 4.74 Å². The number of morpholine rings is 1. The molecule has 0 bridgehead atoms. The van der Waals surface area contributed by atoms with Crippen molar-refractivity contribution in [1.29, 1.82) is 0 Å². The Morgan fingerprint density at radius 2 is 2.09 bits per heavy atom. The van der Waals surface area contributed by atoms with Gasteiger partial charge in [-0.15, -0.1) is 8.58 Å². The van der Waals surface area contributed by atoms with Gasteiger partial charge >= 0.3 is 0 Å². The van der Waals surface area contributed by atoms with Gasteiger partial charge < -0.3 is 4.74 Å². The van der Waals surface area contributed by atoms with E-state index in [0.29, 0.717) is 0 Å². The summed E-state index contributed by atoms with van der Waals surface area (Å²) in [5, 5.41) is 0. The summed E-state index contributed by atoms with van der Waals surface area (Å²) in [6.45, 7) is 7.73. The molecule has 1 aliphatic heterocycles. The van der Waals surface area contributed by atoms with Gasteiger partial charge in [0.05, 0.1) is 13.2 Å². The van der Waals surface area contributed by atoms with Crippen molar-refractivity contribution in [2.75, 3.05) is 45.7 Å². The molecule has 1 saturated heterocycles. The Balaban J connectivity index is 1.96. The first-order valence-electron chi connectivity index (χ1n) is 4.38. The highest BCUT2D eigenvalue weighted by molar-refractivity contribution is 7.36. The topological polar surface area (TPSA) is 12.5 Å². The highest BCUT2D eigenvalue weighted by Crippen LogP contribution is 2.05. The summed E-state index contributed by atoms with van der Waals surface area (Å²) in [6.07, 6.45) is 2.77. The first-order chi connectivity index (χ1) is 5.43. The van der Waals surface area contributed by atoms with Gasteiger partial charge in [0.15, 0.2) is 0 Å². The predicted molar refractivity (Wildman–Crippen MR) is 51.0 cm³/mol. The van der Waals surface area contributed by atoms with Crippen LogP contribution < -0.4 is 0 Å². The van der Waals surface area contributed by atoms with E-state index in [1.54, 1.807) is 0 Å². The maximum atomic E-state index is 5.27. The standard InChI is InChI=1S/C8H18NOP/c1-11-8-2-3-9-4-6-10-7-5-9/h11H,2-8H2,1H3. The van der Waals surface area contributed by atoms with Crippen molar-refractivity contribution in [2.45, 2.75) is 6.42 Å². The summed E-state index contributed by atoms with van der Waals surface area (Å²) in [5.41, 5.74) is 0. The zero-order chi connectivity index (χ0) is 7.94. The molecule has 0 aromatic carbocycles. The van der Waals surface area contributed by atoms with Crippen LogP contribution in [0.5, 0.6) is 0 Å². The van der Waals surface area contributed by atoms with E-state index in [4.69, 9.17) is 4.74 Å². The Morgan fingerprint density at radius 1 is 1.36 bits per heavy atom. The highest BCUT2D eigenvalue weighted by atomic mass is 31.1. The number of ether oxygens (including phenoxy) is 1. The second-order valence-electron chi connectivity index (χ2n) is 2.91. The summed E-state index contributed by atoms with van der Waals surface area (Å²) >= 11 is 0. The highest BCUT2D eigenvalue weighted by Gasteiger charge is 2.08. The van der Waals surface area contributed by atoms with Gasteiger partial charge in [0.1, 0.15) is 0 Å². The summed E-state index contributed by atoms with van der Waals surface area (Å²) < 4.78 is 5.27. The van der Waals surface area contributed by atoms with E-state index in [2.05, 4.69) is 11.6 Å². The molecule has 3 heteroatoms. The molecule has 1 heterocycles. The average molecular weight is 175 g/mol. The molecule has 0 aromatic rings. The van der Waals surface area contributed by atoms with Crippen molar-refractivity contribution in [3.8, 4) is 0 Å². The molecule has 11 heavy (non-hydrogen) atoms. The monoisotopic (exact) mass is 175 g/mol. The third kappa shape index (κ3) is 4.05. The largest absolute Gasteiger partial charge is 0.379 e. The zero-order valence-corrected chi connectivity index (χ0v) is 8.31. The minimum atomic E-state index is 0.939. The molecule has 0 aliphatic carbocycles. The van der Waals surface area contributed by atoms with Gasteiger partial charge in [0.2, 0.25) is 0 Å². The maximum absolute atomic E-state index is 5.27. The van der Waals surface area contributed by atoms with Crippen molar-refractivity contribution in [1.82, 2.24) is 4.90 Å². The first-order valence-corrected chi connectivity index (χ1v) is 6.09. The van der Waals surface area contributed by atoms with Gasteiger partial charge in [-0.2, -0.15) is 0 Å². The van der Waals surface area contributed by atoms with Crippen LogP contribution in [0.15, 0.2) is 0 Å². The molecule has 1 atom stereocenters. The molecule has 1 rings (SSSR count). The molecule has 0 amide bonds. The number of nitrogens with zero attached hydrogens (tertiary/aromatic N) is 1. The van der Waals surface area contributed by atoms with Crippen LogP contribution in [0.25, 0.3) is 0 Å². The van der Waals surface area contributed by atoms with Crippen LogP contribution in [0, 0.1) is 0 Å². The van der Waals surface area contributed by atoms with Gasteiger partial charge in [-0.1, -0.05) is 0 Å². The van der Waals surface area contributed by atoms with Gasteiger partial charge in [-0.3, -0.25) is 4.90 Å². The summed E-state index contributed by atoms with van der Waals surface area (Å²) in [4.78, 5) is 2.50. The number of hydrogen-bond acceptors (Lipinski definition) is 2. The Kier molecular flexibility index (Phi) is 5.09. The Hall–Kier alpha value is 0.350. The van der Waals surface area contributed by atoms with Gasteiger partial charge in [-0.25, -0.2) is 0 Å². The molecule has 0 spiro atoms. The van der Waals surface area contributed by atoms with Gasteiger partial charge in [0.25, 0.3) is 0 Å². The third-order valence-corrected chi connectivity index (χ3v) is 2.86. The Bertz CT molecular complexity index is 94.1. The van der Waals surface area contributed by atoms with Crippen molar-refractivity contribution in [3.63, 3.8) is 0 Å². The lowest BCUT2D eigenvalue weighted by molar-refractivity contribution is 0.0381. The van der Waals surface area contributed by atoms with E-state index in [-0.39, 0.29) is 0 Å². The van der Waals surface area contributed by atoms with Crippen LogP contribution in [0.1, 0.15) is 6.42 Å². The molecule has 1 unspecified atom stereocenters. The van der Waals surface area contributed by atoms with E-state index in [9.17, 15) is 0 Å². The number of rotatable bonds is 4. The molecule has 66 valence electrons. The minimum absolute atomic E-state index is 0.939. The van der Waals surface area contributed by atoms with E-state index in [0.717, 1.165) is 34.9 Å². The lowest BCUT2D eigenvalue weighted by Crippen LogP contribution is -2.36. The van der Waals surface area contributed by atoms with E-state index >= 15 is 0 Å². The predicted octanol–water partition coefficient (Wildman–Crippen LogP) is 1.02. The summed E-state index contributed by atoms with van der Waals surface area (Å²) in [6, 6.07) is 0. The molecule has 2 nitrogen and oxygen atoms in total. The molecular weight excluding hydrogens is 157 g/mol. The number of hydrogen-bond donors (Lipinski definition) is 0. The smallest absolute Gasteiger partial charge is 0.0594 e.